The van der Waals surface area contributed by atoms with Gasteiger partial charge >= 0.3 is 0 Å². The lowest BCUT2D eigenvalue weighted by Crippen LogP contribution is -2.46. The summed E-state index contributed by atoms with van der Waals surface area (Å²) in [5.74, 6) is 1.47. The lowest BCUT2D eigenvalue weighted by Gasteiger charge is -2.21. The maximum atomic E-state index is 11.6. The molecule has 20 heavy (non-hydrogen) atoms. The van der Waals surface area contributed by atoms with Crippen LogP contribution < -0.4 is 5.32 Å². The molecule has 2 aromatic heterocycles. The Morgan fingerprint density at radius 2 is 2.40 bits per heavy atom. The molecule has 0 aliphatic carbocycles. The van der Waals surface area contributed by atoms with Crippen molar-refractivity contribution >= 4 is 21.2 Å². The van der Waals surface area contributed by atoms with Crippen LogP contribution in [0, 0.1) is 0 Å². The molecule has 0 spiro atoms. The number of rotatable bonds is 4. The first-order chi connectivity index (χ1) is 9.61. The van der Waals surface area contributed by atoms with Gasteiger partial charge in [-0.25, -0.2) is 8.42 Å². The molecule has 6 nitrogen and oxygen atoms in total. The molecular weight excluding hydrogens is 298 g/mol. The average molecular weight is 313 g/mol. The zero-order chi connectivity index (χ0) is 14.0. The fourth-order valence-electron chi connectivity index (χ4n) is 2.22. The predicted molar refractivity (Wildman–Crippen MR) is 75.6 cm³/mol. The Labute approximate surface area is 121 Å². The second kappa shape index (κ2) is 5.63. The van der Waals surface area contributed by atoms with Gasteiger partial charge in [-0.05, 0) is 11.4 Å². The highest BCUT2D eigenvalue weighted by Crippen LogP contribution is 2.14. The van der Waals surface area contributed by atoms with Crippen molar-refractivity contribution in [3.63, 3.8) is 0 Å². The third-order valence-corrected chi connectivity index (χ3v) is 5.76. The standard InChI is InChI=1S/C12H15N3O3S2/c16-20(17)5-3-13-9(8-20)6-12-14-11(15-18-12)7-10-2-1-4-19-10/h1-2,4,9,13H,3,5-8H2. The predicted octanol–water partition coefficient (Wildman–Crippen LogP) is 0.651. The summed E-state index contributed by atoms with van der Waals surface area (Å²) in [4.78, 5) is 5.50. The smallest absolute Gasteiger partial charge is 0.228 e. The van der Waals surface area contributed by atoms with Gasteiger partial charge in [-0.2, -0.15) is 4.98 Å². The normalized spacial score (nSPS) is 21.9. The van der Waals surface area contributed by atoms with Gasteiger partial charge in [0, 0.05) is 30.3 Å². The molecule has 1 unspecified atom stereocenters. The Morgan fingerprint density at radius 1 is 1.50 bits per heavy atom. The summed E-state index contributed by atoms with van der Waals surface area (Å²) in [6.45, 7) is 0.489. The van der Waals surface area contributed by atoms with E-state index in [4.69, 9.17) is 4.52 Å². The van der Waals surface area contributed by atoms with Crippen molar-refractivity contribution in [2.75, 3.05) is 18.1 Å². The second-order valence-electron chi connectivity index (χ2n) is 4.83. The number of thiophene rings is 1. The van der Waals surface area contributed by atoms with Crippen LogP contribution in [0.2, 0.25) is 0 Å². The van der Waals surface area contributed by atoms with Crippen LogP contribution >= 0.6 is 11.3 Å². The van der Waals surface area contributed by atoms with Gasteiger partial charge in [0.25, 0.3) is 0 Å². The molecule has 1 aliphatic heterocycles. The van der Waals surface area contributed by atoms with E-state index in [0.717, 1.165) is 0 Å². The third kappa shape index (κ3) is 3.44. The van der Waals surface area contributed by atoms with E-state index in [9.17, 15) is 8.42 Å². The molecule has 1 atom stereocenters. The molecule has 3 rings (SSSR count). The van der Waals surface area contributed by atoms with Gasteiger partial charge < -0.3 is 9.84 Å². The van der Waals surface area contributed by atoms with Crippen molar-refractivity contribution < 1.29 is 12.9 Å². The fourth-order valence-corrected chi connectivity index (χ4v) is 4.37. The molecule has 2 aromatic rings. The summed E-state index contributed by atoms with van der Waals surface area (Å²) in [5, 5.41) is 9.12. The Bertz CT molecular complexity index is 664. The minimum Gasteiger partial charge on any atom is -0.339 e. The monoisotopic (exact) mass is 313 g/mol. The highest BCUT2D eigenvalue weighted by atomic mass is 32.2. The molecule has 0 radical (unpaired) electrons. The minimum atomic E-state index is -2.94. The van der Waals surface area contributed by atoms with Crippen LogP contribution in [0.3, 0.4) is 0 Å². The van der Waals surface area contributed by atoms with E-state index in [1.807, 2.05) is 17.5 Å². The summed E-state index contributed by atoms with van der Waals surface area (Å²) in [6.07, 6.45) is 1.11. The van der Waals surface area contributed by atoms with Crippen LogP contribution in [0.25, 0.3) is 0 Å². The highest BCUT2D eigenvalue weighted by Gasteiger charge is 2.26. The Hall–Kier alpha value is -1.25. The maximum Gasteiger partial charge on any atom is 0.228 e. The zero-order valence-electron chi connectivity index (χ0n) is 10.8. The lowest BCUT2D eigenvalue weighted by atomic mass is 10.2. The Kier molecular flexibility index (Phi) is 3.86. The largest absolute Gasteiger partial charge is 0.339 e. The quantitative estimate of drug-likeness (QED) is 0.892. The summed E-state index contributed by atoms with van der Waals surface area (Å²) in [7, 11) is -2.94. The van der Waals surface area contributed by atoms with E-state index in [1.165, 1.54) is 4.88 Å². The van der Waals surface area contributed by atoms with Gasteiger partial charge in [0.15, 0.2) is 15.7 Å². The van der Waals surface area contributed by atoms with Crippen molar-refractivity contribution in [3.8, 4) is 0 Å². The number of nitrogens with one attached hydrogen (secondary N) is 1. The number of sulfone groups is 1. The van der Waals surface area contributed by atoms with Crippen LogP contribution in [0.5, 0.6) is 0 Å². The molecule has 1 fully saturated rings. The van der Waals surface area contributed by atoms with Gasteiger partial charge in [-0.3, -0.25) is 0 Å². The number of hydrogen-bond acceptors (Lipinski definition) is 7. The van der Waals surface area contributed by atoms with Crippen LogP contribution in [-0.4, -0.2) is 42.7 Å². The first kappa shape index (κ1) is 13.7. The molecular formula is C12H15N3O3S2. The topological polar surface area (TPSA) is 85.1 Å². The molecule has 0 aromatic carbocycles. The Balaban J connectivity index is 1.62. The van der Waals surface area contributed by atoms with Crippen LogP contribution in [0.1, 0.15) is 16.6 Å². The van der Waals surface area contributed by atoms with Gasteiger partial charge in [0.1, 0.15) is 0 Å². The SMILES string of the molecule is O=S1(=O)CCNC(Cc2nc(Cc3cccs3)no2)C1. The molecule has 0 saturated carbocycles. The molecule has 8 heteroatoms. The summed E-state index contributed by atoms with van der Waals surface area (Å²) in [5.41, 5.74) is 0. The van der Waals surface area contributed by atoms with E-state index in [1.54, 1.807) is 11.3 Å². The molecule has 108 valence electrons. The lowest BCUT2D eigenvalue weighted by molar-refractivity contribution is 0.357. The van der Waals surface area contributed by atoms with E-state index < -0.39 is 9.84 Å². The average Bonchev–Trinajstić information content (AvgIpc) is 3.01. The van der Waals surface area contributed by atoms with Crippen molar-refractivity contribution in [2.24, 2.45) is 0 Å². The third-order valence-electron chi connectivity index (χ3n) is 3.14. The zero-order valence-corrected chi connectivity index (χ0v) is 12.4. The first-order valence-electron chi connectivity index (χ1n) is 6.38. The molecule has 1 saturated heterocycles. The van der Waals surface area contributed by atoms with E-state index in [0.29, 0.717) is 31.1 Å². The summed E-state index contributed by atoms with van der Waals surface area (Å²) < 4.78 is 28.3. The Morgan fingerprint density at radius 3 is 3.15 bits per heavy atom. The van der Waals surface area contributed by atoms with Crippen molar-refractivity contribution in [2.45, 2.75) is 18.9 Å². The van der Waals surface area contributed by atoms with E-state index in [-0.39, 0.29) is 17.5 Å². The van der Waals surface area contributed by atoms with Gasteiger partial charge in [-0.1, -0.05) is 11.2 Å². The molecule has 1 N–H and O–H groups in total. The van der Waals surface area contributed by atoms with E-state index in [2.05, 4.69) is 15.5 Å². The molecule has 3 heterocycles. The fraction of sp³-hybridized carbons (Fsp3) is 0.500. The first-order valence-corrected chi connectivity index (χ1v) is 9.08. The molecule has 0 bridgehead atoms. The van der Waals surface area contributed by atoms with Crippen LogP contribution in [-0.2, 0) is 22.7 Å². The van der Waals surface area contributed by atoms with Crippen molar-refractivity contribution in [1.82, 2.24) is 15.5 Å². The number of nitrogens with zero attached hydrogens (tertiary/aromatic N) is 2. The molecule has 1 aliphatic rings. The van der Waals surface area contributed by atoms with Crippen molar-refractivity contribution in [1.29, 1.82) is 0 Å². The van der Waals surface area contributed by atoms with Gasteiger partial charge in [-0.15, -0.1) is 11.3 Å². The minimum absolute atomic E-state index is 0.135. The van der Waals surface area contributed by atoms with Gasteiger partial charge in [0.2, 0.25) is 5.89 Å². The summed E-state index contributed by atoms with van der Waals surface area (Å²) in [6, 6.07) is 3.87. The van der Waals surface area contributed by atoms with Crippen LogP contribution in [0.15, 0.2) is 22.0 Å². The number of aromatic nitrogens is 2. The van der Waals surface area contributed by atoms with Crippen LogP contribution in [0.4, 0.5) is 0 Å². The highest BCUT2D eigenvalue weighted by molar-refractivity contribution is 7.91. The maximum absolute atomic E-state index is 11.6. The van der Waals surface area contributed by atoms with Crippen molar-refractivity contribution in [3.05, 3.63) is 34.1 Å². The van der Waals surface area contributed by atoms with E-state index >= 15 is 0 Å². The second-order valence-corrected chi connectivity index (χ2v) is 8.09. The number of hydrogen-bond donors (Lipinski definition) is 1. The summed E-state index contributed by atoms with van der Waals surface area (Å²) >= 11 is 1.65. The van der Waals surface area contributed by atoms with Gasteiger partial charge in [0.05, 0.1) is 11.5 Å². The molecule has 0 amide bonds.